The molecule has 6 heteroatoms. The average Bonchev–Trinajstić information content (AvgIpc) is 2.41. The maximum Gasteiger partial charge on any atom is 0.341 e. The lowest BCUT2D eigenvalue weighted by Gasteiger charge is -2.06. The third kappa shape index (κ3) is 3.44. The highest BCUT2D eigenvalue weighted by Crippen LogP contribution is 2.12. The lowest BCUT2D eigenvalue weighted by atomic mass is 10.2. The summed E-state index contributed by atoms with van der Waals surface area (Å²) < 4.78 is 0.946. The number of aromatic nitrogens is 2. The van der Waals surface area contributed by atoms with Gasteiger partial charge in [-0.15, -0.1) is 0 Å². The topological polar surface area (TPSA) is 79.5 Å². The Kier molecular flexibility index (Phi) is 4.14. The fraction of sp³-hybridized carbons (Fsp3) is 0.214. The summed E-state index contributed by atoms with van der Waals surface area (Å²) >= 11 is 0. The molecule has 104 valence electrons. The number of amides is 2. The number of carbonyl (C=O) groups excluding carboxylic acids is 1. The van der Waals surface area contributed by atoms with E-state index in [1.165, 1.54) is 6.20 Å². The van der Waals surface area contributed by atoms with Gasteiger partial charge in [0.25, 0.3) is 0 Å². The monoisotopic (exact) mass is 272 g/mol. The van der Waals surface area contributed by atoms with Crippen LogP contribution in [0.4, 0.5) is 4.79 Å². The van der Waals surface area contributed by atoms with E-state index < -0.39 is 6.03 Å². The molecule has 0 aromatic carbocycles. The minimum Gasteiger partial charge on any atom is -0.428 e. The smallest absolute Gasteiger partial charge is 0.341 e. The van der Waals surface area contributed by atoms with Crippen LogP contribution in [-0.2, 0) is 0 Å². The zero-order valence-electron chi connectivity index (χ0n) is 11.3. The molecule has 2 rings (SSSR count). The molecule has 2 heterocycles. The van der Waals surface area contributed by atoms with Crippen molar-refractivity contribution in [1.29, 1.82) is 0 Å². The molecule has 0 bridgehead atoms. The molecule has 0 saturated heterocycles. The number of carbonyl (C=O) groups is 1. The molecule has 0 radical (unpaired) electrons. The Hall–Kier alpha value is -2.63. The van der Waals surface area contributed by atoms with Crippen LogP contribution < -0.4 is 10.7 Å². The Morgan fingerprint density at radius 2 is 2.20 bits per heavy atom. The molecular formula is C14H16N4O2. The molecule has 2 N–H and O–H groups in total. The molecule has 0 aliphatic carbocycles. The summed E-state index contributed by atoms with van der Waals surface area (Å²) in [6.07, 6.45) is 3.05. The minimum atomic E-state index is -0.414. The summed E-state index contributed by atoms with van der Waals surface area (Å²) in [6.45, 7) is 3.72. The van der Waals surface area contributed by atoms with Crippen LogP contribution >= 0.6 is 0 Å². The van der Waals surface area contributed by atoms with Crippen LogP contribution in [0.5, 0.6) is 0 Å². The van der Waals surface area contributed by atoms with Crippen LogP contribution in [0.1, 0.15) is 13.8 Å². The second-order valence-corrected chi connectivity index (χ2v) is 4.55. The van der Waals surface area contributed by atoms with E-state index in [0.29, 0.717) is 16.7 Å². The molecule has 6 nitrogen and oxygen atoms in total. The fourth-order valence-electron chi connectivity index (χ4n) is 1.65. The molecule has 2 amide bonds. The summed E-state index contributed by atoms with van der Waals surface area (Å²) in [6, 6.07) is 8.12. The van der Waals surface area contributed by atoms with E-state index in [4.69, 9.17) is 0 Å². The first-order chi connectivity index (χ1) is 9.56. The van der Waals surface area contributed by atoms with Crippen molar-refractivity contribution in [2.75, 3.05) is 0 Å². The van der Waals surface area contributed by atoms with Gasteiger partial charge in [0.15, 0.2) is 0 Å². The standard InChI is InChI=1S/C14H16N4O2/c1-10(2)16-14(19)17-11-6-8-18(20)13(9-11)12-5-3-4-7-15-12/h3-10,20H,1-2H3,(H,16,19)/b17-11+. The molecule has 2 aromatic heterocycles. The van der Waals surface area contributed by atoms with Crippen molar-refractivity contribution in [2.24, 2.45) is 4.99 Å². The first-order valence-corrected chi connectivity index (χ1v) is 6.25. The van der Waals surface area contributed by atoms with Gasteiger partial charge in [0.2, 0.25) is 0 Å². The molecule has 2 aromatic rings. The van der Waals surface area contributed by atoms with Crippen molar-refractivity contribution in [3.05, 3.63) is 48.1 Å². The van der Waals surface area contributed by atoms with Crippen molar-refractivity contribution in [2.45, 2.75) is 19.9 Å². The summed E-state index contributed by atoms with van der Waals surface area (Å²) in [7, 11) is 0. The predicted octanol–water partition coefficient (Wildman–Crippen LogP) is 1.81. The number of hydrogen-bond donors (Lipinski definition) is 2. The van der Waals surface area contributed by atoms with Crippen LogP contribution in [0, 0.1) is 0 Å². The van der Waals surface area contributed by atoms with Crippen LogP contribution in [-0.4, -0.2) is 27.0 Å². The SMILES string of the molecule is CC(C)NC(=O)/N=c1\ccn(O)c(-c2ccccn2)c1. The fourth-order valence-corrected chi connectivity index (χ4v) is 1.65. The van der Waals surface area contributed by atoms with Crippen molar-refractivity contribution in [1.82, 2.24) is 15.0 Å². The predicted molar refractivity (Wildman–Crippen MR) is 74.1 cm³/mol. The van der Waals surface area contributed by atoms with Gasteiger partial charge in [0.1, 0.15) is 5.69 Å². The number of pyridine rings is 2. The largest absolute Gasteiger partial charge is 0.428 e. The summed E-state index contributed by atoms with van der Waals surface area (Å²) in [5, 5.41) is 12.9. The van der Waals surface area contributed by atoms with Crippen molar-refractivity contribution >= 4 is 6.03 Å². The highest BCUT2D eigenvalue weighted by molar-refractivity contribution is 5.75. The molecular weight excluding hydrogens is 256 g/mol. The minimum absolute atomic E-state index is 0.0213. The normalized spacial score (nSPS) is 11.7. The Bertz CT molecular complexity index is 662. The van der Waals surface area contributed by atoms with Gasteiger partial charge in [-0.2, -0.15) is 9.72 Å². The highest BCUT2D eigenvalue weighted by atomic mass is 16.5. The van der Waals surface area contributed by atoms with Crippen molar-refractivity contribution < 1.29 is 10.0 Å². The van der Waals surface area contributed by atoms with Gasteiger partial charge in [-0.05, 0) is 38.1 Å². The van der Waals surface area contributed by atoms with Gasteiger partial charge in [0, 0.05) is 18.4 Å². The Morgan fingerprint density at radius 1 is 1.40 bits per heavy atom. The lowest BCUT2D eigenvalue weighted by molar-refractivity contribution is 0.188. The van der Waals surface area contributed by atoms with Gasteiger partial charge < -0.3 is 10.5 Å². The number of urea groups is 1. The molecule has 0 aliphatic rings. The summed E-state index contributed by atoms with van der Waals surface area (Å²) in [5.41, 5.74) is 1.06. The van der Waals surface area contributed by atoms with E-state index in [9.17, 15) is 10.0 Å². The molecule has 0 fully saturated rings. The first kappa shape index (κ1) is 13.8. The molecule has 20 heavy (non-hydrogen) atoms. The van der Waals surface area contributed by atoms with Crippen LogP contribution in [0.25, 0.3) is 11.4 Å². The van der Waals surface area contributed by atoms with Gasteiger partial charge in [0.05, 0.1) is 11.1 Å². The number of nitrogens with zero attached hydrogens (tertiary/aromatic N) is 3. The quantitative estimate of drug-likeness (QED) is 0.818. The van der Waals surface area contributed by atoms with E-state index in [1.807, 2.05) is 19.9 Å². The Morgan fingerprint density at radius 3 is 2.85 bits per heavy atom. The number of nitrogens with one attached hydrogen (secondary N) is 1. The maximum atomic E-state index is 11.6. The van der Waals surface area contributed by atoms with Gasteiger partial charge in [-0.25, -0.2) is 4.79 Å². The van der Waals surface area contributed by atoms with Crippen LogP contribution in [0.15, 0.2) is 47.7 Å². The Labute approximate surface area is 116 Å². The first-order valence-electron chi connectivity index (χ1n) is 6.25. The van der Waals surface area contributed by atoms with E-state index >= 15 is 0 Å². The zero-order valence-corrected chi connectivity index (χ0v) is 11.3. The molecule has 0 atom stereocenters. The molecule has 0 unspecified atom stereocenters. The van der Waals surface area contributed by atoms with E-state index in [-0.39, 0.29) is 6.04 Å². The molecule has 0 spiro atoms. The highest BCUT2D eigenvalue weighted by Gasteiger charge is 2.04. The molecule has 0 saturated carbocycles. The van der Waals surface area contributed by atoms with Crippen LogP contribution in [0.3, 0.4) is 0 Å². The van der Waals surface area contributed by atoms with Crippen molar-refractivity contribution in [3.63, 3.8) is 0 Å². The lowest BCUT2D eigenvalue weighted by Crippen LogP contribution is -2.29. The van der Waals surface area contributed by atoms with Gasteiger partial charge >= 0.3 is 6.03 Å². The average molecular weight is 272 g/mol. The van der Waals surface area contributed by atoms with E-state index in [2.05, 4.69) is 15.3 Å². The maximum absolute atomic E-state index is 11.6. The second kappa shape index (κ2) is 6.01. The van der Waals surface area contributed by atoms with E-state index in [0.717, 1.165) is 4.73 Å². The third-order valence-corrected chi connectivity index (χ3v) is 2.49. The van der Waals surface area contributed by atoms with Crippen molar-refractivity contribution in [3.8, 4) is 11.4 Å². The van der Waals surface area contributed by atoms with Gasteiger partial charge in [-0.3, -0.25) is 4.98 Å². The molecule has 0 aliphatic heterocycles. The number of hydrogen-bond acceptors (Lipinski definition) is 3. The number of rotatable bonds is 2. The van der Waals surface area contributed by atoms with E-state index in [1.54, 1.807) is 30.5 Å². The second-order valence-electron chi connectivity index (χ2n) is 4.55. The summed E-state index contributed by atoms with van der Waals surface area (Å²) in [5.74, 6) is 0. The van der Waals surface area contributed by atoms with Crippen LogP contribution in [0.2, 0.25) is 0 Å². The third-order valence-electron chi connectivity index (χ3n) is 2.49. The summed E-state index contributed by atoms with van der Waals surface area (Å²) in [4.78, 5) is 19.7. The van der Waals surface area contributed by atoms with Gasteiger partial charge in [-0.1, -0.05) is 6.07 Å². The Balaban J connectivity index is 2.39. The zero-order chi connectivity index (χ0) is 14.5.